The molecular formula is C23H24N2O5. The van der Waals surface area contributed by atoms with Crippen molar-refractivity contribution < 1.29 is 23.9 Å². The number of benzene rings is 2. The fourth-order valence-electron chi connectivity index (χ4n) is 3.22. The van der Waals surface area contributed by atoms with Gasteiger partial charge in [0.15, 0.2) is 6.10 Å². The highest BCUT2D eigenvalue weighted by Gasteiger charge is 2.42. The molecule has 0 saturated carbocycles. The van der Waals surface area contributed by atoms with E-state index in [0.717, 1.165) is 22.4 Å². The van der Waals surface area contributed by atoms with Gasteiger partial charge in [-0.05, 0) is 57.0 Å². The number of rotatable bonds is 6. The molecule has 30 heavy (non-hydrogen) atoms. The summed E-state index contributed by atoms with van der Waals surface area (Å²) in [4.78, 5) is 51.0. The molecule has 3 rings (SSSR count). The molecular weight excluding hydrogens is 384 g/mol. The van der Waals surface area contributed by atoms with E-state index in [0.29, 0.717) is 5.69 Å². The number of nitrogens with one attached hydrogen (secondary N) is 1. The van der Waals surface area contributed by atoms with Crippen LogP contribution in [0.25, 0.3) is 0 Å². The van der Waals surface area contributed by atoms with Gasteiger partial charge < -0.3 is 10.1 Å². The van der Waals surface area contributed by atoms with Gasteiger partial charge in [-0.3, -0.25) is 19.3 Å². The lowest BCUT2D eigenvalue weighted by atomic mass is 10.1. The van der Waals surface area contributed by atoms with Crippen LogP contribution in [-0.4, -0.2) is 40.7 Å². The summed E-state index contributed by atoms with van der Waals surface area (Å²) in [5, 5.41) is 2.68. The highest BCUT2D eigenvalue weighted by atomic mass is 16.5. The second-order valence-corrected chi connectivity index (χ2v) is 7.32. The molecule has 0 bridgehead atoms. The first-order valence-electron chi connectivity index (χ1n) is 9.81. The molecule has 0 spiro atoms. The topological polar surface area (TPSA) is 92.8 Å². The zero-order valence-corrected chi connectivity index (χ0v) is 17.4. The van der Waals surface area contributed by atoms with Crippen molar-refractivity contribution in [1.29, 1.82) is 0 Å². The fourth-order valence-corrected chi connectivity index (χ4v) is 3.22. The number of hydrogen-bond acceptors (Lipinski definition) is 5. The van der Waals surface area contributed by atoms with Gasteiger partial charge in [-0.1, -0.05) is 30.7 Å². The second-order valence-electron chi connectivity index (χ2n) is 7.32. The van der Waals surface area contributed by atoms with Crippen LogP contribution in [0.3, 0.4) is 0 Å². The van der Waals surface area contributed by atoms with E-state index in [1.807, 2.05) is 26.0 Å². The average Bonchev–Trinajstić information content (AvgIpc) is 2.97. The monoisotopic (exact) mass is 408 g/mol. The molecule has 0 saturated heterocycles. The van der Waals surface area contributed by atoms with Gasteiger partial charge in [-0.25, -0.2) is 4.79 Å². The van der Waals surface area contributed by atoms with Crippen LogP contribution in [0.4, 0.5) is 5.69 Å². The number of fused-ring (bicyclic) bond motifs is 1. The summed E-state index contributed by atoms with van der Waals surface area (Å²) in [5.74, 6) is -2.42. The third-order valence-corrected chi connectivity index (χ3v) is 5.09. The Morgan fingerprint density at radius 3 is 2.27 bits per heavy atom. The summed E-state index contributed by atoms with van der Waals surface area (Å²) < 4.78 is 5.23. The number of nitrogens with zero attached hydrogens (tertiary/aromatic N) is 1. The number of ether oxygens (including phenoxy) is 1. The van der Waals surface area contributed by atoms with Crippen LogP contribution in [0.5, 0.6) is 0 Å². The van der Waals surface area contributed by atoms with Gasteiger partial charge in [0.25, 0.3) is 17.7 Å². The maximum atomic E-state index is 12.6. The van der Waals surface area contributed by atoms with E-state index in [1.54, 1.807) is 30.3 Å². The number of imide groups is 1. The maximum absolute atomic E-state index is 12.6. The Morgan fingerprint density at radius 1 is 1.00 bits per heavy atom. The van der Waals surface area contributed by atoms with Crippen molar-refractivity contribution in [2.24, 2.45) is 0 Å². The number of hydrogen-bond donors (Lipinski definition) is 1. The molecule has 156 valence electrons. The Hall–Kier alpha value is -3.48. The molecule has 0 aliphatic carbocycles. The minimum Gasteiger partial charge on any atom is -0.451 e. The lowest BCUT2D eigenvalue weighted by Crippen LogP contribution is -2.45. The molecule has 7 nitrogen and oxygen atoms in total. The number of carbonyl (C=O) groups is 4. The van der Waals surface area contributed by atoms with E-state index >= 15 is 0 Å². The van der Waals surface area contributed by atoms with E-state index < -0.39 is 35.8 Å². The summed E-state index contributed by atoms with van der Waals surface area (Å²) in [6, 6.07) is 11.1. The number of aryl methyl sites for hydroxylation is 2. The number of anilines is 1. The Labute approximate surface area is 175 Å². The van der Waals surface area contributed by atoms with Gasteiger partial charge in [0.05, 0.1) is 11.1 Å². The highest BCUT2D eigenvalue weighted by Crippen LogP contribution is 2.26. The Balaban J connectivity index is 1.64. The molecule has 2 aromatic carbocycles. The largest absolute Gasteiger partial charge is 0.451 e. The van der Waals surface area contributed by atoms with Crippen molar-refractivity contribution in [3.05, 3.63) is 64.7 Å². The Morgan fingerprint density at radius 2 is 1.63 bits per heavy atom. The normalized spacial score (nSPS) is 14.9. The van der Waals surface area contributed by atoms with E-state index in [1.165, 1.54) is 13.8 Å². The van der Waals surface area contributed by atoms with Crippen molar-refractivity contribution >= 4 is 29.4 Å². The molecule has 0 aromatic heterocycles. The van der Waals surface area contributed by atoms with Crippen molar-refractivity contribution in [2.75, 3.05) is 5.32 Å². The SMILES string of the molecule is CCc1ccc(NC(=O)C(C)OC(=O)C(C)N2C(=O)c3ccc(C)cc3C2=O)cc1. The molecule has 1 aliphatic rings. The zero-order valence-electron chi connectivity index (χ0n) is 17.4. The van der Waals surface area contributed by atoms with E-state index in [-0.39, 0.29) is 11.1 Å². The maximum Gasteiger partial charge on any atom is 0.329 e. The predicted molar refractivity (Wildman–Crippen MR) is 111 cm³/mol. The van der Waals surface area contributed by atoms with Gasteiger partial charge in [-0.2, -0.15) is 0 Å². The first-order chi connectivity index (χ1) is 14.2. The molecule has 1 aliphatic heterocycles. The van der Waals surface area contributed by atoms with Gasteiger partial charge >= 0.3 is 5.97 Å². The van der Waals surface area contributed by atoms with Gasteiger partial charge in [0.1, 0.15) is 6.04 Å². The third-order valence-electron chi connectivity index (χ3n) is 5.09. The molecule has 3 amide bonds. The average molecular weight is 408 g/mol. The van der Waals surface area contributed by atoms with Crippen LogP contribution in [0.2, 0.25) is 0 Å². The van der Waals surface area contributed by atoms with Gasteiger partial charge in [0, 0.05) is 5.69 Å². The van der Waals surface area contributed by atoms with Crippen LogP contribution in [0.15, 0.2) is 42.5 Å². The molecule has 2 unspecified atom stereocenters. The summed E-state index contributed by atoms with van der Waals surface area (Å²) in [6.07, 6.45) is -0.208. The quantitative estimate of drug-likeness (QED) is 0.586. The smallest absolute Gasteiger partial charge is 0.329 e. The highest BCUT2D eigenvalue weighted by molar-refractivity contribution is 6.22. The number of esters is 1. The summed E-state index contributed by atoms with van der Waals surface area (Å²) >= 11 is 0. The minimum absolute atomic E-state index is 0.256. The summed E-state index contributed by atoms with van der Waals surface area (Å²) in [7, 11) is 0. The van der Waals surface area contributed by atoms with Gasteiger partial charge in [-0.15, -0.1) is 0 Å². The predicted octanol–water partition coefficient (Wildman–Crippen LogP) is 3.11. The van der Waals surface area contributed by atoms with Crippen LogP contribution < -0.4 is 5.32 Å². The minimum atomic E-state index is -1.16. The lowest BCUT2D eigenvalue weighted by molar-refractivity contribution is -0.156. The Bertz CT molecular complexity index is 1010. The van der Waals surface area contributed by atoms with Crippen LogP contribution in [0.1, 0.15) is 52.6 Å². The molecule has 2 atom stereocenters. The van der Waals surface area contributed by atoms with Gasteiger partial charge in [0.2, 0.25) is 0 Å². The third kappa shape index (κ3) is 4.10. The van der Waals surface area contributed by atoms with Crippen LogP contribution in [-0.2, 0) is 20.7 Å². The second kappa shape index (κ2) is 8.49. The van der Waals surface area contributed by atoms with Crippen molar-refractivity contribution in [1.82, 2.24) is 4.90 Å². The van der Waals surface area contributed by atoms with Crippen molar-refractivity contribution in [3.8, 4) is 0 Å². The Kier molecular flexibility index (Phi) is 6.01. The first kappa shape index (κ1) is 21.2. The van der Waals surface area contributed by atoms with Crippen LogP contribution >= 0.6 is 0 Å². The number of carbonyl (C=O) groups excluding carboxylic acids is 4. The molecule has 0 fully saturated rings. The summed E-state index contributed by atoms with van der Waals surface area (Å²) in [6.45, 7) is 6.69. The molecule has 1 N–H and O–H groups in total. The van der Waals surface area contributed by atoms with Crippen LogP contribution in [0, 0.1) is 6.92 Å². The van der Waals surface area contributed by atoms with E-state index in [4.69, 9.17) is 4.74 Å². The zero-order chi connectivity index (χ0) is 22.0. The fraction of sp³-hybridized carbons (Fsp3) is 0.304. The lowest BCUT2D eigenvalue weighted by Gasteiger charge is -2.22. The first-order valence-corrected chi connectivity index (χ1v) is 9.81. The molecule has 2 aromatic rings. The molecule has 0 radical (unpaired) electrons. The van der Waals surface area contributed by atoms with E-state index in [9.17, 15) is 19.2 Å². The standard InChI is InChI=1S/C23H24N2O5/c1-5-16-7-9-17(10-8-16)24-20(26)15(4)30-23(29)14(3)25-21(27)18-11-6-13(2)12-19(18)22(25)28/h6-12,14-15H,5H2,1-4H3,(H,24,26). The number of amides is 3. The van der Waals surface area contributed by atoms with Crippen molar-refractivity contribution in [2.45, 2.75) is 46.3 Å². The summed E-state index contributed by atoms with van der Waals surface area (Å²) in [5.41, 5.74) is 3.08. The molecule has 1 heterocycles. The van der Waals surface area contributed by atoms with E-state index in [2.05, 4.69) is 5.32 Å². The molecule has 7 heteroatoms. The van der Waals surface area contributed by atoms with Crippen molar-refractivity contribution in [3.63, 3.8) is 0 Å².